The monoisotopic (exact) mass is 348 g/mol. The molecule has 1 N–H and O–H groups in total. The van der Waals surface area contributed by atoms with Crippen molar-refractivity contribution in [1.29, 1.82) is 0 Å². The van der Waals surface area contributed by atoms with Gasteiger partial charge in [-0.05, 0) is 36.2 Å². The summed E-state index contributed by atoms with van der Waals surface area (Å²) in [4.78, 5) is 10.5. The normalized spacial score (nSPS) is 11.3. The smallest absolute Gasteiger partial charge is 0.325 e. The Kier molecular flexibility index (Phi) is 4.82. The topological polar surface area (TPSA) is 55.2 Å². The first kappa shape index (κ1) is 16.4. The lowest BCUT2D eigenvalue weighted by Crippen LogP contribution is -2.08. The molecule has 0 amide bonds. The molecule has 9 heteroatoms. The second kappa shape index (κ2) is 6.45. The number of anilines is 1. The zero-order valence-corrected chi connectivity index (χ0v) is 12.3. The highest BCUT2D eigenvalue weighted by molar-refractivity contribution is 8.00. The molecule has 116 valence electrons. The number of nitro benzene ring substituents is 1. The molecule has 0 aliphatic heterocycles. The van der Waals surface area contributed by atoms with E-state index in [2.05, 4.69) is 4.72 Å². The summed E-state index contributed by atoms with van der Waals surface area (Å²) in [6, 6.07) is 8.84. The van der Waals surface area contributed by atoms with Crippen molar-refractivity contribution in [3.63, 3.8) is 0 Å². The van der Waals surface area contributed by atoms with Crippen LogP contribution in [-0.2, 0) is 6.18 Å². The molecule has 2 aromatic rings. The molecule has 0 unspecified atom stereocenters. The molecule has 0 aromatic heterocycles. The summed E-state index contributed by atoms with van der Waals surface area (Å²) in [6.07, 6.45) is -4.56. The van der Waals surface area contributed by atoms with Gasteiger partial charge in [-0.2, -0.15) is 13.2 Å². The fourth-order valence-electron chi connectivity index (χ4n) is 1.65. The Hall–Kier alpha value is -1.93. The van der Waals surface area contributed by atoms with Crippen molar-refractivity contribution in [3.05, 3.63) is 63.2 Å². The highest BCUT2D eigenvalue weighted by Gasteiger charge is 2.33. The summed E-state index contributed by atoms with van der Waals surface area (Å²) >= 11 is 6.42. The van der Waals surface area contributed by atoms with Gasteiger partial charge in [0.2, 0.25) is 0 Å². The van der Waals surface area contributed by atoms with Crippen molar-refractivity contribution in [2.45, 2.75) is 11.1 Å². The lowest BCUT2D eigenvalue weighted by atomic mass is 10.2. The zero-order chi connectivity index (χ0) is 16.3. The predicted octanol–water partition coefficient (Wildman–Crippen LogP) is 5.39. The molecule has 0 aliphatic carbocycles. The van der Waals surface area contributed by atoms with Crippen molar-refractivity contribution in [2.75, 3.05) is 4.72 Å². The molecule has 4 nitrogen and oxygen atoms in total. The van der Waals surface area contributed by atoms with Gasteiger partial charge >= 0.3 is 6.18 Å². The molecule has 2 aromatic carbocycles. The van der Waals surface area contributed by atoms with E-state index in [1.165, 1.54) is 18.2 Å². The highest BCUT2D eigenvalue weighted by atomic mass is 35.5. The van der Waals surface area contributed by atoms with Crippen LogP contribution in [0.5, 0.6) is 0 Å². The number of nitrogens with one attached hydrogen (secondary N) is 1. The third-order valence-corrected chi connectivity index (χ3v) is 3.74. The van der Waals surface area contributed by atoms with Crippen LogP contribution in [0.3, 0.4) is 0 Å². The molecule has 0 saturated carbocycles. The maximum Gasteiger partial charge on any atom is 0.418 e. The molecule has 2 rings (SSSR count). The second-order valence-corrected chi connectivity index (χ2v) is 5.40. The average molecular weight is 349 g/mol. The standard InChI is InChI=1S/C13H8ClF3N2O2S/c14-8-5-6-9(13(15,16)17)10(7-8)18-22-12-4-2-1-3-11(12)19(20)21/h1-7,18H. The molecule has 0 saturated heterocycles. The predicted molar refractivity (Wildman–Crippen MR) is 79.0 cm³/mol. The van der Waals surface area contributed by atoms with Crippen LogP contribution in [0.2, 0.25) is 5.02 Å². The molecular formula is C13H8ClF3N2O2S. The van der Waals surface area contributed by atoms with Crippen molar-refractivity contribution in [2.24, 2.45) is 0 Å². The molecule has 0 bridgehead atoms. The van der Waals surface area contributed by atoms with Gasteiger partial charge < -0.3 is 4.72 Å². The molecule has 0 radical (unpaired) electrons. The van der Waals surface area contributed by atoms with Crippen molar-refractivity contribution in [3.8, 4) is 0 Å². The summed E-state index contributed by atoms with van der Waals surface area (Å²) in [5, 5.41) is 11.0. The van der Waals surface area contributed by atoms with E-state index in [0.717, 1.165) is 30.1 Å². The second-order valence-electron chi connectivity index (χ2n) is 4.12. The van der Waals surface area contributed by atoms with Crippen molar-refractivity contribution < 1.29 is 18.1 Å². The Labute approximate surface area is 132 Å². The summed E-state index contributed by atoms with van der Waals surface area (Å²) in [5.41, 5.74) is -1.36. The van der Waals surface area contributed by atoms with E-state index in [0.29, 0.717) is 0 Å². The van der Waals surface area contributed by atoms with E-state index >= 15 is 0 Å². The number of halogens is 4. The summed E-state index contributed by atoms with van der Waals surface area (Å²) < 4.78 is 41.2. The third-order valence-electron chi connectivity index (χ3n) is 2.62. The van der Waals surface area contributed by atoms with Gasteiger partial charge in [0, 0.05) is 11.1 Å². The lowest BCUT2D eigenvalue weighted by Gasteiger charge is -2.14. The van der Waals surface area contributed by atoms with E-state index in [-0.39, 0.29) is 21.3 Å². The van der Waals surface area contributed by atoms with E-state index in [4.69, 9.17) is 11.6 Å². The van der Waals surface area contributed by atoms with Crippen LogP contribution in [0, 0.1) is 10.1 Å². The fourth-order valence-corrected chi connectivity index (χ4v) is 2.61. The Morgan fingerprint density at radius 1 is 1.18 bits per heavy atom. The van der Waals surface area contributed by atoms with Gasteiger partial charge in [-0.3, -0.25) is 10.1 Å². The number of hydrogen-bond acceptors (Lipinski definition) is 4. The van der Waals surface area contributed by atoms with E-state index in [1.807, 2.05) is 0 Å². The van der Waals surface area contributed by atoms with Gasteiger partial charge in [0.05, 0.1) is 16.2 Å². The van der Waals surface area contributed by atoms with Crippen LogP contribution in [0.4, 0.5) is 24.5 Å². The lowest BCUT2D eigenvalue weighted by molar-refractivity contribution is -0.387. The number of alkyl halides is 3. The van der Waals surface area contributed by atoms with Gasteiger partial charge in [-0.15, -0.1) is 0 Å². The minimum atomic E-state index is -4.56. The minimum absolute atomic E-state index is 0.124. The Bertz CT molecular complexity index is 710. The number of benzene rings is 2. The Morgan fingerprint density at radius 3 is 2.50 bits per heavy atom. The van der Waals surface area contributed by atoms with E-state index < -0.39 is 16.7 Å². The number of para-hydroxylation sites is 1. The average Bonchev–Trinajstić information content (AvgIpc) is 2.44. The summed E-state index contributed by atoms with van der Waals surface area (Å²) in [5.74, 6) is 0. The van der Waals surface area contributed by atoms with Crippen molar-refractivity contribution >= 4 is 34.9 Å². The first-order valence-corrected chi connectivity index (χ1v) is 7.01. The summed E-state index contributed by atoms with van der Waals surface area (Å²) in [6.45, 7) is 0. The largest absolute Gasteiger partial charge is 0.418 e. The number of nitrogens with zero attached hydrogens (tertiary/aromatic N) is 1. The minimum Gasteiger partial charge on any atom is -0.325 e. The molecule has 0 fully saturated rings. The van der Waals surface area contributed by atoms with Gasteiger partial charge in [0.1, 0.15) is 4.90 Å². The first-order chi connectivity index (χ1) is 10.3. The van der Waals surface area contributed by atoms with E-state index in [1.54, 1.807) is 6.07 Å². The maximum atomic E-state index is 12.9. The highest BCUT2D eigenvalue weighted by Crippen LogP contribution is 2.39. The quantitative estimate of drug-likeness (QED) is 0.457. The maximum absolute atomic E-state index is 12.9. The number of hydrogen-bond donors (Lipinski definition) is 1. The van der Waals surface area contributed by atoms with Gasteiger partial charge in [-0.1, -0.05) is 23.7 Å². The van der Waals surface area contributed by atoms with Gasteiger partial charge in [-0.25, -0.2) is 0 Å². The molecule has 0 atom stereocenters. The van der Waals surface area contributed by atoms with Crippen LogP contribution in [0.15, 0.2) is 47.4 Å². The van der Waals surface area contributed by atoms with Crippen molar-refractivity contribution in [1.82, 2.24) is 0 Å². The van der Waals surface area contributed by atoms with Crippen LogP contribution >= 0.6 is 23.5 Å². The number of nitro groups is 1. The van der Waals surface area contributed by atoms with Crippen LogP contribution in [0.1, 0.15) is 5.56 Å². The van der Waals surface area contributed by atoms with E-state index in [9.17, 15) is 23.3 Å². The molecule has 22 heavy (non-hydrogen) atoms. The van der Waals surface area contributed by atoms with Gasteiger partial charge in [0.15, 0.2) is 0 Å². The first-order valence-electron chi connectivity index (χ1n) is 5.82. The third kappa shape index (κ3) is 3.83. The van der Waals surface area contributed by atoms with Gasteiger partial charge in [0.25, 0.3) is 5.69 Å². The zero-order valence-electron chi connectivity index (χ0n) is 10.7. The molecule has 0 aliphatic rings. The summed E-state index contributed by atoms with van der Waals surface area (Å²) in [7, 11) is 0. The molecular weight excluding hydrogens is 341 g/mol. The van der Waals surface area contributed by atoms with Crippen LogP contribution < -0.4 is 4.72 Å². The number of rotatable bonds is 4. The Morgan fingerprint density at radius 2 is 1.86 bits per heavy atom. The van der Waals surface area contributed by atoms with Crippen LogP contribution in [0.25, 0.3) is 0 Å². The Balaban J connectivity index is 2.29. The van der Waals surface area contributed by atoms with Crippen LogP contribution in [-0.4, -0.2) is 4.92 Å². The molecule has 0 spiro atoms. The SMILES string of the molecule is O=[N+]([O-])c1ccccc1SNc1cc(Cl)ccc1C(F)(F)F. The molecule has 0 heterocycles. The fraction of sp³-hybridized carbons (Fsp3) is 0.0769.